The van der Waals surface area contributed by atoms with Crippen molar-refractivity contribution in [2.75, 3.05) is 30.4 Å². The third-order valence-electron chi connectivity index (χ3n) is 4.18. The van der Waals surface area contributed by atoms with E-state index in [0.29, 0.717) is 13.2 Å². The number of hydrogen-bond acceptors (Lipinski definition) is 4. The molecule has 0 bridgehead atoms. The van der Waals surface area contributed by atoms with E-state index in [1.54, 1.807) is 0 Å². The molecule has 0 aliphatic rings. The first-order chi connectivity index (χ1) is 14.1. The Morgan fingerprint density at radius 1 is 0.966 bits per heavy atom. The van der Waals surface area contributed by atoms with Crippen LogP contribution in [0.3, 0.4) is 0 Å². The summed E-state index contributed by atoms with van der Waals surface area (Å²) in [5.41, 5.74) is 2.55. The highest BCUT2D eigenvalue weighted by atomic mass is 16.5. The van der Waals surface area contributed by atoms with Gasteiger partial charge in [0.1, 0.15) is 18.1 Å². The summed E-state index contributed by atoms with van der Waals surface area (Å²) < 4.78 is 11.3. The number of rotatable bonds is 13. The van der Waals surface area contributed by atoms with Crippen molar-refractivity contribution >= 4 is 17.3 Å². The molecule has 2 rings (SSSR count). The van der Waals surface area contributed by atoms with Crippen LogP contribution in [-0.4, -0.2) is 25.7 Å². The molecule has 0 saturated carbocycles. The Balaban J connectivity index is 1.74. The normalized spacial score (nSPS) is 10.3. The summed E-state index contributed by atoms with van der Waals surface area (Å²) in [6.07, 6.45) is 4.67. The number of ether oxygens (including phenoxy) is 2. The van der Waals surface area contributed by atoms with Gasteiger partial charge in [0, 0.05) is 17.4 Å². The fraction of sp³-hybridized carbons (Fsp3) is 0.375. The van der Waals surface area contributed by atoms with Crippen LogP contribution < -0.4 is 20.1 Å². The SMILES string of the molecule is C=C(C)COc1ccc(NCC(=O)Nc2cccc(OCCCCCC)c2)cc1. The highest BCUT2D eigenvalue weighted by Gasteiger charge is 2.04. The molecule has 0 unspecified atom stereocenters. The molecule has 0 fully saturated rings. The number of anilines is 2. The van der Waals surface area contributed by atoms with Gasteiger partial charge in [-0.3, -0.25) is 4.79 Å². The van der Waals surface area contributed by atoms with Crippen LogP contribution in [0.2, 0.25) is 0 Å². The van der Waals surface area contributed by atoms with Crippen molar-refractivity contribution in [1.29, 1.82) is 0 Å². The monoisotopic (exact) mass is 396 g/mol. The van der Waals surface area contributed by atoms with Gasteiger partial charge in [0.2, 0.25) is 5.91 Å². The van der Waals surface area contributed by atoms with Crippen molar-refractivity contribution in [3.05, 3.63) is 60.7 Å². The van der Waals surface area contributed by atoms with E-state index < -0.39 is 0 Å². The lowest BCUT2D eigenvalue weighted by molar-refractivity contribution is -0.114. The van der Waals surface area contributed by atoms with Crippen LogP contribution in [0, 0.1) is 0 Å². The van der Waals surface area contributed by atoms with E-state index in [1.807, 2.05) is 55.5 Å². The molecule has 0 aliphatic carbocycles. The van der Waals surface area contributed by atoms with Crippen LogP contribution in [0.1, 0.15) is 39.5 Å². The van der Waals surface area contributed by atoms with Crippen molar-refractivity contribution in [2.24, 2.45) is 0 Å². The highest BCUT2D eigenvalue weighted by Crippen LogP contribution is 2.19. The summed E-state index contributed by atoms with van der Waals surface area (Å²) in [4.78, 5) is 12.2. The minimum absolute atomic E-state index is 0.118. The number of carbonyl (C=O) groups excluding carboxylic acids is 1. The molecule has 0 heterocycles. The molecule has 1 amide bonds. The van der Waals surface area contributed by atoms with E-state index in [2.05, 4.69) is 24.1 Å². The summed E-state index contributed by atoms with van der Waals surface area (Å²) in [5.74, 6) is 1.43. The van der Waals surface area contributed by atoms with Crippen molar-refractivity contribution in [3.8, 4) is 11.5 Å². The van der Waals surface area contributed by atoms with Gasteiger partial charge in [0.05, 0.1) is 13.2 Å². The summed E-state index contributed by atoms with van der Waals surface area (Å²) in [6, 6.07) is 15.0. The van der Waals surface area contributed by atoms with Gasteiger partial charge in [-0.1, -0.05) is 38.8 Å². The molecule has 5 heteroatoms. The molecule has 0 spiro atoms. The second-order valence-corrected chi connectivity index (χ2v) is 7.11. The van der Waals surface area contributed by atoms with E-state index >= 15 is 0 Å². The van der Waals surface area contributed by atoms with Gasteiger partial charge in [0.15, 0.2) is 0 Å². The van der Waals surface area contributed by atoms with Crippen molar-refractivity contribution in [3.63, 3.8) is 0 Å². The Morgan fingerprint density at radius 3 is 2.48 bits per heavy atom. The van der Waals surface area contributed by atoms with Crippen LogP contribution in [0.25, 0.3) is 0 Å². The zero-order valence-electron chi connectivity index (χ0n) is 17.5. The fourth-order valence-electron chi connectivity index (χ4n) is 2.65. The van der Waals surface area contributed by atoms with Crippen molar-refractivity contribution in [1.82, 2.24) is 0 Å². The quantitative estimate of drug-likeness (QED) is 0.339. The molecule has 2 N–H and O–H groups in total. The minimum atomic E-state index is -0.118. The predicted octanol–water partition coefficient (Wildman–Crippen LogP) is 5.65. The summed E-state index contributed by atoms with van der Waals surface area (Å²) in [6.45, 7) is 9.29. The first kappa shape index (κ1) is 22.3. The van der Waals surface area contributed by atoms with Crippen LogP contribution in [0.5, 0.6) is 11.5 Å². The van der Waals surface area contributed by atoms with E-state index in [1.165, 1.54) is 19.3 Å². The van der Waals surface area contributed by atoms with Crippen LogP contribution in [0.15, 0.2) is 60.7 Å². The Hall–Kier alpha value is -2.95. The number of nitrogens with one attached hydrogen (secondary N) is 2. The van der Waals surface area contributed by atoms with Gasteiger partial charge >= 0.3 is 0 Å². The Bertz CT molecular complexity index is 772. The third-order valence-corrected chi connectivity index (χ3v) is 4.18. The molecular formula is C24H32N2O3. The second-order valence-electron chi connectivity index (χ2n) is 7.11. The molecule has 29 heavy (non-hydrogen) atoms. The van der Waals surface area contributed by atoms with Gasteiger partial charge in [-0.15, -0.1) is 0 Å². The summed E-state index contributed by atoms with van der Waals surface area (Å²) >= 11 is 0. The highest BCUT2D eigenvalue weighted by molar-refractivity contribution is 5.93. The lowest BCUT2D eigenvalue weighted by Gasteiger charge is -2.11. The summed E-state index contributed by atoms with van der Waals surface area (Å²) in [5, 5.41) is 6.00. The van der Waals surface area contributed by atoms with Gasteiger partial charge in [-0.05, 0) is 55.3 Å². The van der Waals surface area contributed by atoms with Gasteiger partial charge in [-0.25, -0.2) is 0 Å². The number of benzene rings is 2. The smallest absolute Gasteiger partial charge is 0.243 e. The van der Waals surface area contributed by atoms with Gasteiger partial charge < -0.3 is 20.1 Å². The van der Waals surface area contributed by atoms with Crippen LogP contribution >= 0.6 is 0 Å². The number of unbranched alkanes of at least 4 members (excludes halogenated alkanes) is 3. The summed E-state index contributed by atoms with van der Waals surface area (Å²) in [7, 11) is 0. The molecule has 2 aromatic carbocycles. The maximum Gasteiger partial charge on any atom is 0.243 e. The van der Waals surface area contributed by atoms with E-state index in [-0.39, 0.29) is 12.5 Å². The van der Waals surface area contributed by atoms with Crippen molar-refractivity contribution < 1.29 is 14.3 Å². The zero-order valence-corrected chi connectivity index (χ0v) is 17.5. The molecule has 156 valence electrons. The van der Waals surface area contributed by atoms with Gasteiger partial charge in [0.25, 0.3) is 0 Å². The average Bonchev–Trinajstić information content (AvgIpc) is 2.71. The Morgan fingerprint density at radius 2 is 1.76 bits per heavy atom. The maximum absolute atomic E-state index is 12.2. The molecule has 0 radical (unpaired) electrons. The Labute approximate surface area is 174 Å². The average molecular weight is 397 g/mol. The molecule has 5 nitrogen and oxygen atoms in total. The van der Waals surface area contributed by atoms with E-state index in [9.17, 15) is 4.79 Å². The first-order valence-corrected chi connectivity index (χ1v) is 10.2. The molecule has 0 atom stereocenters. The fourth-order valence-corrected chi connectivity index (χ4v) is 2.65. The first-order valence-electron chi connectivity index (χ1n) is 10.2. The largest absolute Gasteiger partial charge is 0.494 e. The third kappa shape index (κ3) is 9.19. The van der Waals surface area contributed by atoms with Crippen molar-refractivity contribution in [2.45, 2.75) is 39.5 Å². The topological polar surface area (TPSA) is 59.6 Å². The lowest BCUT2D eigenvalue weighted by atomic mass is 10.2. The van der Waals surface area contributed by atoms with Crippen LogP contribution in [0.4, 0.5) is 11.4 Å². The van der Waals surface area contributed by atoms with E-state index in [0.717, 1.165) is 34.9 Å². The van der Waals surface area contributed by atoms with E-state index in [4.69, 9.17) is 9.47 Å². The molecule has 0 saturated heterocycles. The number of hydrogen-bond donors (Lipinski definition) is 2. The number of carbonyl (C=O) groups is 1. The number of amides is 1. The maximum atomic E-state index is 12.2. The Kier molecular flexibility index (Phi) is 9.63. The second kappa shape index (κ2) is 12.5. The van der Waals surface area contributed by atoms with Gasteiger partial charge in [-0.2, -0.15) is 0 Å². The molecule has 0 aliphatic heterocycles. The van der Waals surface area contributed by atoms with Crippen LogP contribution in [-0.2, 0) is 4.79 Å². The zero-order chi connectivity index (χ0) is 20.9. The predicted molar refractivity (Wildman–Crippen MR) is 120 cm³/mol. The molecular weight excluding hydrogens is 364 g/mol. The minimum Gasteiger partial charge on any atom is -0.494 e. The lowest BCUT2D eigenvalue weighted by Crippen LogP contribution is -2.21. The molecule has 0 aromatic heterocycles. The standard InChI is InChI=1S/C24H32N2O3/c1-4-5-6-7-15-28-23-10-8-9-21(16-23)26-24(27)17-25-20-11-13-22(14-12-20)29-18-19(2)3/h8-14,16,25H,2,4-7,15,17-18H2,1,3H3,(H,26,27). The molecule has 2 aromatic rings.